The van der Waals surface area contributed by atoms with Crippen molar-refractivity contribution in [3.8, 4) is 5.75 Å². The van der Waals surface area contributed by atoms with Crippen LogP contribution in [0.15, 0.2) is 49.4 Å². The highest BCUT2D eigenvalue weighted by Gasteiger charge is 2.35. The third-order valence-electron chi connectivity index (χ3n) is 6.54. The number of benzene rings is 1. The molecule has 14 nitrogen and oxygen atoms in total. The molecule has 0 bridgehead atoms. The number of amides is 2. The number of aromatic nitrogens is 4. The van der Waals surface area contributed by atoms with Crippen LogP contribution < -0.4 is 25.0 Å². The molecule has 3 N–H and O–H groups in total. The molecule has 1 atom stereocenters. The molecule has 1 aliphatic heterocycles. The van der Waals surface area contributed by atoms with E-state index in [1.807, 2.05) is 0 Å². The Hall–Kier alpha value is -5.00. The molecule has 1 aromatic carbocycles. The summed E-state index contributed by atoms with van der Waals surface area (Å²) in [6.45, 7) is 3.96. The normalized spacial score (nSPS) is 14.7. The van der Waals surface area contributed by atoms with Gasteiger partial charge >= 0.3 is 6.18 Å². The minimum atomic E-state index is -4.82. The Kier molecular flexibility index (Phi) is 9.82. The molecule has 1 unspecified atom stereocenters. The smallest absolute Gasteiger partial charge is 0.421 e. The lowest BCUT2D eigenvalue weighted by atomic mass is 10.1. The van der Waals surface area contributed by atoms with E-state index >= 15 is 0 Å². The molecule has 1 aliphatic rings. The number of ether oxygens (including phenoxy) is 1. The van der Waals surface area contributed by atoms with Crippen LogP contribution >= 0.6 is 0 Å². The third kappa shape index (κ3) is 7.49. The number of likely N-dealkylation sites (tertiary alicyclic amines) is 1. The maximum Gasteiger partial charge on any atom is 0.421 e. The molecule has 1 saturated heterocycles. The molecule has 2 amide bonds. The summed E-state index contributed by atoms with van der Waals surface area (Å²) in [5.74, 6) is -1.33. The fourth-order valence-electron chi connectivity index (χ4n) is 4.32. The first-order chi connectivity index (χ1) is 20.9. The van der Waals surface area contributed by atoms with E-state index in [-0.39, 0.29) is 53.0 Å². The quantitative estimate of drug-likeness (QED) is 0.180. The molecular formula is C26H28F3N9O5S. The van der Waals surface area contributed by atoms with E-state index in [2.05, 4.69) is 42.5 Å². The fourth-order valence-corrected chi connectivity index (χ4v) is 4.64. The van der Waals surface area contributed by atoms with Crippen molar-refractivity contribution in [2.75, 3.05) is 42.2 Å². The number of nitrogens with zero attached hydrogens (tertiary/aromatic N) is 6. The molecule has 3 heterocycles. The van der Waals surface area contributed by atoms with Crippen molar-refractivity contribution < 1.29 is 35.9 Å². The number of carbonyl (C=O) groups excluding carboxylic acids is 2. The SMILES string of the molecule is C=CC(=O)N1CCC(NC(=O)c2ccc(Nc3ncc(C(F)(F)F)c(NCc4nccnc4N(C)[SH](=O)=O)n3)c(OC)c2)C1. The van der Waals surface area contributed by atoms with Crippen molar-refractivity contribution in [3.05, 3.63) is 66.3 Å². The lowest BCUT2D eigenvalue weighted by Crippen LogP contribution is -2.38. The number of nitrogens with one attached hydrogen (secondary N) is 3. The van der Waals surface area contributed by atoms with E-state index in [9.17, 15) is 31.2 Å². The average molecular weight is 636 g/mol. The first kappa shape index (κ1) is 31.9. The van der Waals surface area contributed by atoms with Crippen LogP contribution in [-0.2, 0) is 28.4 Å². The van der Waals surface area contributed by atoms with E-state index in [1.165, 1.54) is 50.8 Å². The van der Waals surface area contributed by atoms with Crippen molar-refractivity contribution in [3.63, 3.8) is 0 Å². The van der Waals surface area contributed by atoms with Crippen LogP contribution in [0.25, 0.3) is 0 Å². The molecule has 18 heteroatoms. The van der Waals surface area contributed by atoms with Crippen LogP contribution in [0.1, 0.15) is 28.0 Å². The zero-order valence-electron chi connectivity index (χ0n) is 23.5. The Bertz CT molecular complexity index is 1630. The van der Waals surface area contributed by atoms with Gasteiger partial charge in [0.1, 0.15) is 22.8 Å². The second-order valence-corrected chi connectivity index (χ2v) is 10.5. The summed E-state index contributed by atoms with van der Waals surface area (Å²) in [4.78, 5) is 42.0. The van der Waals surface area contributed by atoms with Crippen molar-refractivity contribution in [1.29, 1.82) is 0 Å². The monoisotopic (exact) mass is 635 g/mol. The Morgan fingerprint density at radius 3 is 2.66 bits per heavy atom. The number of rotatable bonds is 11. The summed E-state index contributed by atoms with van der Waals surface area (Å²) in [5, 5.41) is 8.21. The van der Waals surface area contributed by atoms with Crippen molar-refractivity contribution in [2.24, 2.45) is 0 Å². The summed E-state index contributed by atoms with van der Waals surface area (Å²) in [7, 11) is -0.488. The van der Waals surface area contributed by atoms with Crippen LogP contribution in [-0.4, -0.2) is 78.4 Å². The van der Waals surface area contributed by atoms with Crippen LogP contribution in [0.3, 0.4) is 0 Å². The first-order valence-corrected chi connectivity index (χ1v) is 14.1. The van der Waals surface area contributed by atoms with Gasteiger partial charge in [-0.15, -0.1) is 0 Å². The largest absolute Gasteiger partial charge is 0.495 e. The van der Waals surface area contributed by atoms with Crippen LogP contribution in [0.2, 0.25) is 0 Å². The highest BCUT2D eigenvalue weighted by atomic mass is 32.2. The van der Waals surface area contributed by atoms with E-state index in [1.54, 1.807) is 4.90 Å². The lowest BCUT2D eigenvalue weighted by molar-refractivity contribution is -0.137. The third-order valence-corrected chi connectivity index (χ3v) is 7.22. The first-order valence-electron chi connectivity index (χ1n) is 12.9. The van der Waals surface area contributed by atoms with Crippen molar-refractivity contribution in [1.82, 2.24) is 30.2 Å². The average Bonchev–Trinajstić information content (AvgIpc) is 3.47. The Morgan fingerprint density at radius 1 is 1.23 bits per heavy atom. The molecule has 0 aliphatic carbocycles. The standard InChI is InChI=1S/C26H28F3N9O5S/c1-4-21(39)38-10-7-16(14-38)34-24(40)15-5-6-18(20(11-15)43-3)35-25-33-12-17(26(27,28)29)22(36-25)32-13-19-23(31-9-8-30-19)37(2)44(41)42/h4-6,8-9,11-12,16,44H,1,7,10,13-14H2,2-3H3,(H,34,40)(H2,32,33,35,36). The van der Waals surface area contributed by atoms with Gasteiger partial charge in [-0.2, -0.15) is 18.2 Å². The van der Waals surface area contributed by atoms with Gasteiger partial charge in [-0.3, -0.25) is 18.9 Å². The van der Waals surface area contributed by atoms with E-state index < -0.39 is 34.4 Å². The fraction of sp³-hybridized carbons (Fsp3) is 0.308. The Morgan fingerprint density at radius 2 is 1.98 bits per heavy atom. The summed E-state index contributed by atoms with van der Waals surface area (Å²) in [6, 6.07) is 4.16. The highest BCUT2D eigenvalue weighted by Crippen LogP contribution is 2.35. The second kappa shape index (κ2) is 13.5. The summed E-state index contributed by atoms with van der Waals surface area (Å²) >= 11 is 0. The second-order valence-electron chi connectivity index (χ2n) is 9.38. The lowest BCUT2D eigenvalue weighted by Gasteiger charge is -2.18. The van der Waals surface area contributed by atoms with Gasteiger partial charge in [-0.25, -0.2) is 18.4 Å². The van der Waals surface area contributed by atoms with Gasteiger partial charge in [0.2, 0.25) is 22.7 Å². The number of halogens is 3. The minimum absolute atomic E-state index is 0.0589. The van der Waals surface area contributed by atoms with Gasteiger partial charge in [0, 0.05) is 50.3 Å². The number of anilines is 4. The van der Waals surface area contributed by atoms with Crippen LogP contribution in [0.5, 0.6) is 5.75 Å². The van der Waals surface area contributed by atoms with Gasteiger partial charge in [-0.05, 0) is 30.7 Å². The maximum atomic E-state index is 13.8. The Balaban J connectivity index is 1.52. The van der Waals surface area contributed by atoms with Crippen LogP contribution in [0, 0.1) is 0 Å². The van der Waals surface area contributed by atoms with Gasteiger partial charge in [0.05, 0.1) is 19.3 Å². The molecule has 0 saturated carbocycles. The molecule has 44 heavy (non-hydrogen) atoms. The van der Waals surface area contributed by atoms with Gasteiger partial charge < -0.3 is 25.6 Å². The van der Waals surface area contributed by atoms with Gasteiger partial charge in [0.15, 0.2) is 5.82 Å². The predicted octanol–water partition coefficient (Wildman–Crippen LogP) is 2.13. The Labute approximate surface area is 251 Å². The summed E-state index contributed by atoms with van der Waals surface area (Å²) < 4.78 is 70.3. The number of methoxy groups -OCH3 is 1. The molecule has 0 spiro atoms. The number of thiol groups is 1. The predicted molar refractivity (Wildman–Crippen MR) is 154 cm³/mol. The van der Waals surface area contributed by atoms with Gasteiger partial charge in [-0.1, -0.05) is 6.58 Å². The van der Waals surface area contributed by atoms with Crippen LogP contribution in [0.4, 0.5) is 36.4 Å². The molecule has 3 aromatic rings. The topological polar surface area (TPSA) is 172 Å². The zero-order valence-corrected chi connectivity index (χ0v) is 24.4. The number of alkyl halides is 3. The molecule has 0 radical (unpaired) electrons. The summed E-state index contributed by atoms with van der Waals surface area (Å²) in [5.41, 5.74) is -0.601. The number of carbonyl (C=O) groups is 2. The van der Waals surface area contributed by atoms with Gasteiger partial charge in [0.25, 0.3) is 5.91 Å². The zero-order chi connectivity index (χ0) is 32.0. The van der Waals surface area contributed by atoms with Crippen molar-refractivity contribution in [2.45, 2.75) is 25.2 Å². The molecule has 4 rings (SSSR count). The van der Waals surface area contributed by atoms with Crippen molar-refractivity contribution >= 4 is 46.0 Å². The van der Waals surface area contributed by atoms with E-state index in [0.717, 1.165) is 4.31 Å². The number of hydrogen-bond donors (Lipinski definition) is 4. The number of hydrogen-bond acceptors (Lipinski definition) is 11. The molecule has 2 aromatic heterocycles. The molecule has 1 fully saturated rings. The van der Waals surface area contributed by atoms with E-state index in [4.69, 9.17) is 4.74 Å². The molecule has 234 valence electrons. The molecular weight excluding hydrogens is 607 g/mol. The summed E-state index contributed by atoms with van der Waals surface area (Å²) in [6.07, 6.45) is 0.0896. The minimum Gasteiger partial charge on any atom is -0.495 e. The van der Waals surface area contributed by atoms with E-state index in [0.29, 0.717) is 25.7 Å². The highest BCUT2D eigenvalue weighted by molar-refractivity contribution is 7.74. The maximum absolute atomic E-state index is 13.8.